The van der Waals surface area contributed by atoms with E-state index in [1.54, 1.807) is 6.07 Å². The molecule has 2 unspecified atom stereocenters. The number of nitrogens with zero attached hydrogens (tertiary/aromatic N) is 1. The van der Waals surface area contributed by atoms with Gasteiger partial charge in [0.2, 0.25) is 0 Å². The zero-order chi connectivity index (χ0) is 13.1. The number of aryl methyl sites for hydroxylation is 1. The summed E-state index contributed by atoms with van der Waals surface area (Å²) in [6.07, 6.45) is 3.39. The first-order valence-corrected chi connectivity index (χ1v) is 6.48. The summed E-state index contributed by atoms with van der Waals surface area (Å²) in [4.78, 5) is 16.2. The van der Waals surface area contributed by atoms with Crippen molar-refractivity contribution >= 4 is 17.5 Å². The molecule has 0 radical (unpaired) electrons. The van der Waals surface area contributed by atoms with Gasteiger partial charge in [-0.1, -0.05) is 11.6 Å². The number of pyridine rings is 1. The van der Waals surface area contributed by atoms with Crippen LogP contribution < -0.4 is 5.32 Å². The van der Waals surface area contributed by atoms with Crippen LogP contribution in [-0.4, -0.2) is 29.6 Å². The van der Waals surface area contributed by atoms with Crippen LogP contribution in [0.25, 0.3) is 0 Å². The third kappa shape index (κ3) is 3.21. The minimum Gasteiger partial charge on any atom is -0.378 e. The number of carbonyl (C=O) groups is 1. The summed E-state index contributed by atoms with van der Waals surface area (Å²) in [6.45, 7) is 4.54. The van der Waals surface area contributed by atoms with Crippen molar-refractivity contribution < 1.29 is 9.53 Å². The van der Waals surface area contributed by atoms with Crippen LogP contribution in [-0.2, 0) is 4.74 Å². The van der Waals surface area contributed by atoms with Crippen molar-refractivity contribution in [2.75, 3.05) is 6.61 Å². The predicted molar refractivity (Wildman–Crippen MR) is 69.9 cm³/mol. The van der Waals surface area contributed by atoms with Gasteiger partial charge in [0, 0.05) is 24.5 Å². The molecule has 1 aromatic heterocycles. The quantitative estimate of drug-likeness (QED) is 0.896. The summed E-state index contributed by atoms with van der Waals surface area (Å²) < 4.78 is 5.45. The lowest BCUT2D eigenvalue weighted by Crippen LogP contribution is -2.41. The molecule has 0 bridgehead atoms. The lowest BCUT2D eigenvalue weighted by atomic mass is 10.0. The van der Waals surface area contributed by atoms with Gasteiger partial charge in [-0.05, 0) is 32.8 Å². The third-order valence-corrected chi connectivity index (χ3v) is 3.37. The first-order chi connectivity index (χ1) is 8.56. The van der Waals surface area contributed by atoms with E-state index in [1.165, 1.54) is 6.20 Å². The Morgan fingerprint density at radius 1 is 1.61 bits per heavy atom. The predicted octanol–water partition coefficient (Wildman–Crippen LogP) is 2.34. The van der Waals surface area contributed by atoms with Crippen molar-refractivity contribution in [3.63, 3.8) is 0 Å². The molecule has 1 saturated heterocycles. The van der Waals surface area contributed by atoms with Crippen LogP contribution in [0.5, 0.6) is 0 Å². The molecule has 5 heteroatoms. The van der Waals surface area contributed by atoms with Crippen molar-refractivity contribution in [3.8, 4) is 0 Å². The van der Waals surface area contributed by atoms with Gasteiger partial charge in [-0.2, -0.15) is 0 Å². The minimum absolute atomic E-state index is 0.151. The molecule has 1 aliphatic rings. The summed E-state index contributed by atoms with van der Waals surface area (Å²) in [5, 5.41) is 3.43. The smallest absolute Gasteiger partial charge is 0.254 e. The Morgan fingerprint density at radius 3 is 3.06 bits per heavy atom. The highest BCUT2D eigenvalue weighted by Crippen LogP contribution is 2.18. The number of hydrogen-bond donors (Lipinski definition) is 1. The Labute approximate surface area is 112 Å². The van der Waals surface area contributed by atoms with E-state index in [4.69, 9.17) is 16.3 Å². The molecule has 1 amide bonds. The number of ether oxygens (including phenoxy) is 1. The third-order valence-electron chi connectivity index (χ3n) is 3.06. The molecule has 2 heterocycles. The van der Waals surface area contributed by atoms with Gasteiger partial charge < -0.3 is 10.1 Å². The molecule has 0 spiro atoms. The zero-order valence-electron chi connectivity index (χ0n) is 10.6. The molecule has 0 aliphatic carbocycles. The van der Waals surface area contributed by atoms with E-state index in [1.807, 2.05) is 13.8 Å². The zero-order valence-corrected chi connectivity index (χ0v) is 11.3. The molecule has 1 aromatic rings. The average molecular weight is 269 g/mol. The molecule has 2 rings (SSSR count). The molecule has 0 saturated carbocycles. The van der Waals surface area contributed by atoms with Crippen molar-refractivity contribution in [1.82, 2.24) is 10.3 Å². The van der Waals surface area contributed by atoms with Crippen LogP contribution >= 0.6 is 11.6 Å². The van der Waals surface area contributed by atoms with E-state index in [0.717, 1.165) is 18.5 Å². The molecule has 1 aliphatic heterocycles. The van der Waals surface area contributed by atoms with Gasteiger partial charge in [0.05, 0.1) is 16.7 Å². The van der Waals surface area contributed by atoms with E-state index in [-0.39, 0.29) is 18.1 Å². The number of nitrogens with one attached hydrogen (secondary N) is 1. The second-order valence-electron chi connectivity index (χ2n) is 4.68. The molecule has 4 nitrogen and oxygen atoms in total. The van der Waals surface area contributed by atoms with Crippen LogP contribution in [0.3, 0.4) is 0 Å². The Kier molecular flexibility index (Phi) is 4.19. The van der Waals surface area contributed by atoms with Gasteiger partial charge in [0.1, 0.15) is 0 Å². The Hall–Kier alpha value is -1.13. The lowest BCUT2D eigenvalue weighted by molar-refractivity contribution is 0.0136. The minimum atomic E-state index is -0.161. The van der Waals surface area contributed by atoms with Gasteiger partial charge in [0.25, 0.3) is 5.91 Å². The van der Waals surface area contributed by atoms with Crippen molar-refractivity contribution in [3.05, 3.63) is 28.5 Å². The van der Waals surface area contributed by atoms with Gasteiger partial charge in [0.15, 0.2) is 0 Å². The SMILES string of the molecule is Cc1cc(Cl)c(C(=O)NC2CCOC(C)C2)cn1. The molecule has 1 N–H and O–H groups in total. The Morgan fingerprint density at radius 2 is 2.39 bits per heavy atom. The van der Waals surface area contributed by atoms with Gasteiger partial charge >= 0.3 is 0 Å². The van der Waals surface area contributed by atoms with Crippen LogP contribution in [0.15, 0.2) is 12.3 Å². The van der Waals surface area contributed by atoms with E-state index >= 15 is 0 Å². The highest BCUT2D eigenvalue weighted by molar-refractivity contribution is 6.33. The van der Waals surface area contributed by atoms with Crippen LogP contribution in [0.2, 0.25) is 5.02 Å². The van der Waals surface area contributed by atoms with E-state index in [2.05, 4.69) is 10.3 Å². The van der Waals surface area contributed by atoms with Crippen molar-refractivity contribution in [2.45, 2.75) is 38.8 Å². The summed E-state index contributed by atoms with van der Waals surface area (Å²) in [7, 11) is 0. The highest BCUT2D eigenvalue weighted by Gasteiger charge is 2.22. The molecule has 0 aromatic carbocycles. The van der Waals surface area contributed by atoms with Gasteiger partial charge in [-0.25, -0.2) is 0 Å². The topological polar surface area (TPSA) is 51.2 Å². The van der Waals surface area contributed by atoms with Gasteiger partial charge in [-0.15, -0.1) is 0 Å². The van der Waals surface area contributed by atoms with Gasteiger partial charge in [-0.3, -0.25) is 9.78 Å². The number of aromatic nitrogens is 1. The number of rotatable bonds is 2. The molecular formula is C13H17ClN2O2. The molecule has 1 fully saturated rings. The number of hydrogen-bond acceptors (Lipinski definition) is 3. The lowest BCUT2D eigenvalue weighted by Gasteiger charge is -2.28. The molecule has 2 atom stereocenters. The fourth-order valence-electron chi connectivity index (χ4n) is 2.09. The average Bonchev–Trinajstić information content (AvgIpc) is 2.28. The standard InChI is InChI=1S/C13H17ClN2O2/c1-8-5-12(14)11(7-15-8)13(17)16-10-3-4-18-9(2)6-10/h5,7,9-10H,3-4,6H2,1-2H3,(H,16,17). The largest absolute Gasteiger partial charge is 0.378 e. The normalized spacial score (nSPS) is 23.7. The maximum atomic E-state index is 12.1. The second kappa shape index (κ2) is 5.67. The Balaban J connectivity index is 2.03. The monoisotopic (exact) mass is 268 g/mol. The summed E-state index contributed by atoms with van der Waals surface area (Å²) in [5.74, 6) is -0.161. The van der Waals surface area contributed by atoms with Crippen molar-refractivity contribution in [2.24, 2.45) is 0 Å². The highest BCUT2D eigenvalue weighted by atomic mass is 35.5. The number of carbonyl (C=O) groups excluding carboxylic acids is 1. The molecule has 18 heavy (non-hydrogen) atoms. The molecular weight excluding hydrogens is 252 g/mol. The first kappa shape index (κ1) is 13.3. The fourth-order valence-corrected chi connectivity index (χ4v) is 2.38. The number of amides is 1. The first-order valence-electron chi connectivity index (χ1n) is 6.11. The Bertz CT molecular complexity index is 451. The summed E-state index contributed by atoms with van der Waals surface area (Å²) in [6, 6.07) is 1.85. The van der Waals surface area contributed by atoms with Crippen LogP contribution in [0.4, 0.5) is 0 Å². The molecule has 98 valence electrons. The summed E-state index contributed by atoms with van der Waals surface area (Å²) >= 11 is 6.05. The maximum absolute atomic E-state index is 12.1. The van der Waals surface area contributed by atoms with E-state index < -0.39 is 0 Å². The van der Waals surface area contributed by atoms with Crippen LogP contribution in [0, 0.1) is 6.92 Å². The van der Waals surface area contributed by atoms with Crippen LogP contribution in [0.1, 0.15) is 35.8 Å². The number of halogens is 1. The maximum Gasteiger partial charge on any atom is 0.254 e. The van der Waals surface area contributed by atoms with E-state index in [0.29, 0.717) is 17.2 Å². The van der Waals surface area contributed by atoms with E-state index in [9.17, 15) is 4.79 Å². The summed E-state index contributed by atoms with van der Waals surface area (Å²) in [5.41, 5.74) is 1.23. The van der Waals surface area contributed by atoms with Crippen molar-refractivity contribution in [1.29, 1.82) is 0 Å². The fraction of sp³-hybridized carbons (Fsp3) is 0.538. The second-order valence-corrected chi connectivity index (χ2v) is 5.09.